The lowest BCUT2D eigenvalue weighted by Crippen LogP contribution is -2.04. The van der Waals surface area contributed by atoms with Crippen LogP contribution < -0.4 is 10.5 Å². The van der Waals surface area contributed by atoms with Gasteiger partial charge < -0.3 is 10.5 Å². The zero-order valence-corrected chi connectivity index (χ0v) is 10.1. The van der Waals surface area contributed by atoms with Gasteiger partial charge in [-0.15, -0.1) is 0 Å². The molecular weight excluding hydrogens is 235 g/mol. The summed E-state index contributed by atoms with van der Waals surface area (Å²) < 4.78 is 18.4. The first-order valence-electron chi connectivity index (χ1n) is 5.65. The number of ether oxygens (including phenoxy) is 1. The van der Waals surface area contributed by atoms with E-state index >= 15 is 0 Å². The molecule has 0 unspecified atom stereocenters. The predicted octanol–water partition coefficient (Wildman–Crippen LogP) is 1.04. The number of nitrogens with two attached hydrogens (primary N) is 1. The van der Waals surface area contributed by atoms with E-state index in [0.717, 1.165) is 5.56 Å². The number of aromatic amines is 1. The van der Waals surface area contributed by atoms with Gasteiger partial charge in [-0.3, -0.25) is 5.10 Å². The Morgan fingerprint density at radius 1 is 1.44 bits per heavy atom. The molecule has 0 saturated heterocycles. The van der Waals surface area contributed by atoms with Crippen LogP contribution in [0.2, 0.25) is 0 Å². The first-order valence-corrected chi connectivity index (χ1v) is 5.65. The van der Waals surface area contributed by atoms with Crippen LogP contribution >= 0.6 is 0 Å². The highest BCUT2D eigenvalue weighted by Gasteiger charge is 2.07. The van der Waals surface area contributed by atoms with Crippen molar-refractivity contribution in [3.05, 3.63) is 41.2 Å². The maximum atomic E-state index is 13.5. The summed E-state index contributed by atoms with van der Waals surface area (Å²) in [6.45, 7) is 0.508. The Hall–Kier alpha value is -1.95. The number of methoxy groups -OCH3 is 1. The molecule has 0 bridgehead atoms. The molecule has 6 heteroatoms. The van der Waals surface area contributed by atoms with Crippen molar-refractivity contribution in [2.45, 2.75) is 12.8 Å². The van der Waals surface area contributed by atoms with Gasteiger partial charge in [0.25, 0.3) is 0 Å². The minimum Gasteiger partial charge on any atom is -0.494 e. The van der Waals surface area contributed by atoms with E-state index in [2.05, 4.69) is 15.2 Å². The standard InChI is InChI=1S/C12H15FN4O/c1-18-10-3-2-8(6-9(10)13)7-12-15-11(4-5-14)16-17-12/h2-3,6H,4-5,7,14H2,1H3,(H,15,16,17). The number of halogens is 1. The maximum absolute atomic E-state index is 13.5. The lowest BCUT2D eigenvalue weighted by molar-refractivity contribution is 0.386. The second kappa shape index (κ2) is 5.59. The van der Waals surface area contributed by atoms with E-state index in [1.54, 1.807) is 12.1 Å². The molecule has 18 heavy (non-hydrogen) atoms. The smallest absolute Gasteiger partial charge is 0.165 e. The van der Waals surface area contributed by atoms with Gasteiger partial charge in [0.1, 0.15) is 5.82 Å². The summed E-state index contributed by atoms with van der Waals surface area (Å²) in [6.07, 6.45) is 1.13. The molecule has 5 nitrogen and oxygen atoms in total. The van der Waals surface area contributed by atoms with Crippen molar-refractivity contribution >= 4 is 0 Å². The van der Waals surface area contributed by atoms with E-state index in [9.17, 15) is 4.39 Å². The molecule has 1 aromatic heterocycles. The largest absolute Gasteiger partial charge is 0.494 e. The third-order valence-corrected chi connectivity index (χ3v) is 2.53. The Morgan fingerprint density at radius 2 is 2.28 bits per heavy atom. The van der Waals surface area contributed by atoms with Crippen molar-refractivity contribution in [2.75, 3.05) is 13.7 Å². The zero-order valence-electron chi connectivity index (χ0n) is 10.1. The molecule has 1 aromatic carbocycles. The van der Waals surface area contributed by atoms with Gasteiger partial charge in [-0.25, -0.2) is 9.37 Å². The van der Waals surface area contributed by atoms with E-state index in [1.807, 2.05) is 0 Å². The molecule has 0 saturated carbocycles. The van der Waals surface area contributed by atoms with Gasteiger partial charge >= 0.3 is 0 Å². The van der Waals surface area contributed by atoms with Crippen LogP contribution in [0.3, 0.4) is 0 Å². The molecule has 2 aromatic rings. The van der Waals surface area contributed by atoms with E-state index in [-0.39, 0.29) is 11.6 Å². The Kier molecular flexibility index (Phi) is 3.88. The first-order chi connectivity index (χ1) is 8.72. The molecule has 96 valence electrons. The number of H-pyrrole nitrogens is 1. The fraction of sp³-hybridized carbons (Fsp3) is 0.333. The minimum atomic E-state index is -0.378. The number of hydrogen-bond donors (Lipinski definition) is 2. The summed E-state index contributed by atoms with van der Waals surface area (Å²) in [7, 11) is 1.44. The van der Waals surface area contributed by atoms with Crippen LogP contribution in [0.1, 0.15) is 17.2 Å². The summed E-state index contributed by atoms with van der Waals surface area (Å²) in [5, 5.41) is 6.84. The summed E-state index contributed by atoms with van der Waals surface area (Å²) in [5.74, 6) is 1.24. The zero-order chi connectivity index (χ0) is 13.0. The first kappa shape index (κ1) is 12.5. The van der Waals surface area contributed by atoms with Gasteiger partial charge in [-0.1, -0.05) is 6.07 Å². The van der Waals surface area contributed by atoms with Crippen LogP contribution in [0.15, 0.2) is 18.2 Å². The normalized spacial score (nSPS) is 10.6. The Morgan fingerprint density at radius 3 is 2.94 bits per heavy atom. The molecule has 0 aliphatic heterocycles. The number of rotatable bonds is 5. The van der Waals surface area contributed by atoms with E-state index in [4.69, 9.17) is 10.5 Å². The molecular formula is C12H15FN4O. The van der Waals surface area contributed by atoms with Gasteiger partial charge in [-0.05, 0) is 24.2 Å². The number of nitrogens with one attached hydrogen (secondary N) is 1. The average molecular weight is 250 g/mol. The maximum Gasteiger partial charge on any atom is 0.165 e. The number of aromatic nitrogens is 3. The monoisotopic (exact) mass is 250 g/mol. The van der Waals surface area contributed by atoms with Crippen molar-refractivity contribution in [2.24, 2.45) is 5.73 Å². The fourth-order valence-electron chi connectivity index (χ4n) is 1.67. The van der Waals surface area contributed by atoms with Gasteiger partial charge in [0.15, 0.2) is 17.4 Å². The van der Waals surface area contributed by atoms with Gasteiger partial charge in [0, 0.05) is 12.8 Å². The van der Waals surface area contributed by atoms with Crippen LogP contribution in [-0.2, 0) is 12.8 Å². The molecule has 1 heterocycles. The summed E-state index contributed by atoms with van der Waals surface area (Å²) in [6, 6.07) is 4.83. The van der Waals surface area contributed by atoms with Crippen LogP contribution in [-0.4, -0.2) is 28.8 Å². The van der Waals surface area contributed by atoms with Gasteiger partial charge in [-0.2, -0.15) is 5.10 Å². The van der Waals surface area contributed by atoms with E-state index in [1.165, 1.54) is 13.2 Å². The SMILES string of the molecule is COc1ccc(Cc2nc(CCN)n[nH]2)cc1F. The quantitative estimate of drug-likeness (QED) is 0.831. The second-order valence-corrected chi connectivity index (χ2v) is 3.88. The van der Waals surface area contributed by atoms with E-state index in [0.29, 0.717) is 31.0 Å². The van der Waals surface area contributed by atoms with Crippen LogP contribution in [0.4, 0.5) is 4.39 Å². The number of nitrogens with zero attached hydrogens (tertiary/aromatic N) is 2. The summed E-state index contributed by atoms with van der Waals surface area (Å²) >= 11 is 0. The molecule has 0 aliphatic rings. The highest BCUT2D eigenvalue weighted by molar-refractivity contribution is 5.30. The lowest BCUT2D eigenvalue weighted by Gasteiger charge is -2.03. The molecule has 3 N–H and O–H groups in total. The molecule has 0 atom stereocenters. The summed E-state index contributed by atoms with van der Waals surface area (Å²) in [4.78, 5) is 4.27. The highest BCUT2D eigenvalue weighted by Crippen LogP contribution is 2.18. The highest BCUT2D eigenvalue weighted by atomic mass is 19.1. The van der Waals surface area contributed by atoms with E-state index < -0.39 is 0 Å². The van der Waals surface area contributed by atoms with Crippen molar-refractivity contribution in [1.82, 2.24) is 15.2 Å². The van der Waals surface area contributed by atoms with Crippen molar-refractivity contribution < 1.29 is 9.13 Å². The Balaban J connectivity index is 2.10. The Labute approximate surface area is 104 Å². The number of benzene rings is 1. The number of hydrogen-bond acceptors (Lipinski definition) is 4. The molecule has 0 spiro atoms. The molecule has 0 radical (unpaired) electrons. The minimum absolute atomic E-state index is 0.236. The Bertz CT molecular complexity index is 527. The van der Waals surface area contributed by atoms with Crippen LogP contribution in [0.25, 0.3) is 0 Å². The molecule has 2 rings (SSSR count). The third-order valence-electron chi connectivity index (χ3n) is 2.53. The third kappa shape index (κ3) is 2.84. The van der Waals surface area contributed by atoms with Crippen molar-refractivity contribution in [3.8, 4) is 5.75 Å². The fourth-order valence-corrected chi connectivity index (χ4v) is 1.67. The van der Waals surface area contributed by atoms with Crippen LogP contribution in [0.5, 0.6) is 5.75 Å². The molecule has 0 aliphatic carbocycles. The van der Waals surface area contributed by atoms with Gasteiger partial charge in [0.05, 0.1) is 7.11 Å². The van der Waals surface area contributed by atoms with Crippen molar-refractivity contribution in [3.63, 3.8) is 0 Å². The molecule has 0 fully saturated rings. The average Bonchev–Trinajstić information content (AvgIpc) is 2.77. The lowest BCUT2D eigenvalue weighted by atomic mass is 10.1. The topological polar surface area (TPSA) is 76.8 Å². The second-order valence-electron chi connectivity index (χ2n) is 3.88. The summed E-state index contributed by atoms with van der Waals surface area (Å²) in [5.41, 5.74) is 6.23. The van der Waals surface area contributed by atoms with Gasteiger partial charge in [0.2, 0.25) is 0 Å². The molecule has 0 amide bonds. The predicted molar refractivity (Wildman–Crippen MR) is 64.9 cm³/mol. The van der Waals surface area contributed by atoms with Crippen molar-refractivity contribution in [1.29, 1.82) is 0 Å². The van der Waals surface area contributed by atoms with Crippen LogP contribution in [0, 0.1) is 5.82 Å².